The smallest absolute Gasteiger partial charge is 0.273 e. The minimum atomic E-state index is -0.728. The second-order valence-electron chi connectivity index (χ2n) is 7.16. The first-order valence-corrected chi connectivity index (χ1v) is 11.3. The number of thiazole rings is 1. The van der Waals surface area contributed by atoms with Crippen LogP contribution in [0, 0.1) is 21.4 Å². The van der Waals surface area contributed by atoms with Crippen LogP contribution in [0.2, 0.25) is 5.02 Å². The van der Waals surface area contributed by atoms with Gasteiger partial charge in [0.2, 0.25) is 0 Å². The standard InChI is InChI=1S/C25H15ClN4O4S/c26-20-11-4-5-12-21(20)28-23(31)19(15-27)25-29(17-8-2-1-3-9-17)24(32)22(35-25)14-16-7-6-10-18(13-16)30(33)34/h1-14H,(H,28,31)/b22-14+,25-19-. The molecule has 1 heterocycles. The zero-order valence-electron chi connectivity index (χ0n) is 17.8. The number of aromatic nitrogens is 1. The Morgan fingerprint density at radius 3 is 2.49 bits per heavy atom. The zero-order chi connectivity index (χ0) is 24.9. The molecular weight excluding hydrogens is 488 g/mol. The van der Waals surface area contributed by atoms with E-state index < -0.39 is 16.4 Å². The number of carbonyl (C=O) groups is 1. The lowest BCUT2D eigenvalue weighted by Crippen LogP contribution is -2.32. The van der Waals surface area contributed by atoms with Gasteiger partial charge in [-0.05, 0) is 35.9 Å². The van der Waals surface area contributed by atoms with E-state index in [4.69, 9.17) is 11.6 Å². The van der Waals surface area contributed by atoms with Crippen molar-refractivity contribution in [3.8, 4) is 11.8 Å². The summed E-state index contributed by atoms with van der Waals surface area (Å²) < 4.78 is 1.59. The van der Waals surface area contributed by atoms with E-state index in [2.05, 4.69) is 5.32 Å². The Balaban J connectivity index is 1.96. The molecule has 0 radical (unpaired) electrons. The monoisotopic (exact) mass is 502 g/mol. The van der Waals surface area contributed by atoms with Crippen molar-refractivity contribution in [1.29, 1.82) is 5.26 Å². The summed E-state index contributed by atoms with van der Waals surface area (Å²) in [6.45, 7) is 0. The van der Waals surface area contributed by atoms with Crippen molar-refractivity contribution < 1.29 is 9.72 Å². The summed E-state index contributed by atoms with van der Waals surface area (Å²) in [5, 5.41) is 23.9. The first-order valence-electron chi connectivity index (χ1n) is 10.1. The maximum atomic E-state index is 13.4. The van der Waals surface area contributed by atoms with Gasteiger partial charge in [0.25, 0.3) is 17.2 Å². The van der Waals surface area contributed by atoms with Crippen LogP contribution in [0.1, 0.15) is 5.56 Å². The molecule has 1 N–H and O–H groups in total. The minimum absolute atomic E-state index is 0.116. The highest BCUT2D eigenvalue weighted by molar-refractivity contribution is 7.07. The van der Waals surface area contributed by atoms with Crippen molar-refractivity contribution in [3.63, 3.8) is 0 Å². The molecule has 0 aliphatic carbocycles. The number of rotatable bonds is 5. The molecule has 0 aliphatic rings. The molecule has 1 amide bonds. The van der Waals surface area contributed by atoms with E-state index in [0.717, 1.165) is 11.3 Å². The maximum Gasteiger partial charge on any atom is 0.273 e. The second kappa shape index (κ2) is 10.2. The lowest BCUT2D eigenvalue weighted by atomic mass is 10.2. The van der Waals surface area contributed by atoms with Crippen molar-refractivity contribution in [1.82, 2.24) is 4.57 Å². The molecule has 0 aliphatic heterocycles. The Kier molecular flexibility index (Phi) is 6.87. The molecule has 35 heavy (non-hydrogen) atoms. The number of amides is 1. The average molecular weight is 503 g/mol. The van der Waals surface area contributed by atoms with Crippen LogP contribution in [0.3, 0.4) is 0 Å². The fraction of sp³-hybridized carbons (Fsp3) is 0. The third-order valence-electron chi connectivity index (χ3n) is 4.89. The Hall–Kier alpha value is -4.52. The number of benzene rings is 3. The van der Waals surface area contributed by atoms with Crippen molar-refractivity contribution >= 4 is 51.9 Å². The number of anilines is 1. The van der Waals surface area contributed by atoms with E-state index in [1.165, 1.54) is 28.8 Å². The van der Waals surface area contributed by atoms with Crippen LogP contribution in [0.15, 0.2) is 83.7 Å². The number of hydrogen-bond acceptors (Lipinski definition) is 6. The van der Waals surface area contributed by atoms with E-state index in [1.807, 2.05) is 6.07 Å². The summed E-state index contributed by atoms with van der Waals surface area (Å²) >= 11 is 7.07. The number of halogens is 1. The first-order chi connectivity index (χ1) is 16.9. The van der Waals surface area contributed by atoms with Crippen LogP contribution in [-0.2, 0) is 4.79 Å². The number of nitrogens with one attached hydrogen (secondary N) is 1. The van der Waals surface area contributed by atoms with Crippen LogP contribution < -0.4 is 20.1 Å². The molecule has 8 nitrogen and oxygen atoms in total. The molecule has 0 atom stereocenters. The molecule has 0 saturated heterocycles. The number of nitrogens with zero attached hydrogens (tertiary/aromatic N) is 3. The number of hydrogen-bond donors (Lipinski definition) is 1. The van der Waals surface area contributed by atoms with Crippen LogP contribution in [0.4, 0.5) is 11.4 Å². The van der Waals surface area contributed by atoms with Gasteiger partial charge >= 0.3 is 0 Å². The van der Waals surface area contributed by atoms with Gasteiger partial charge in [-0.1, -0.05) is 54.1 Å². The average Bonchev–Trinajstić information content (AvgIpc) is 3.17. The van der Waals surface area contributed by atoms with Gasteiger partial charge in [-0.2, -0.15) is 5.26 Å². The van der Waals surface area contributed by atoms with Gasteiger partial charge in [-0.15, -0.1) is 11.3 Å². The lowest BCUT2D eigenvalue weighted by molar-refractivity contribution is -0.384. The van der Waals surface area contributed by atoms with Gasteiger partial charge in [0.15, 0.2) is 5.57 Å². The van der Waals surface area contributed by atoms with Crippen LogP contribution in [-0.4, -0.2) is 15.4 Å². The van der Waals surface area contributed by atoms with Crippen LogP contribution in [0.25, 0.3) is 17.3 Å². The molecule has 4 rings (SSSR count). The van der Waals surface area contributed by atoms with Gasteiger partial charge in [-0.3, -0.25) is 24.3 Å². The number of nitro benzene ring substituents is 1. The van der Waals surface area contributed by atoms with E-state index >= 15 is 0 Å². The molecule has 4 aromatic rings. The minimum Gasteiger partial charge on any atom is -0.320 e. The molecule has 0 unspecified atom stereocenters. The summed E-state index contributed by atoms with van der Waals surface area (Å²) in [4.78, 5) is 37.1. The molecule has 10 heteroatoms. The second-order valence-corrected chi connectivity index (χ2v) is 8.60. The highest BCUT2D eigenvalue weighted by atomic mass is 35.5. The Morgan fingerprint density at radius 2 is 1.80 bits per heavy atom. The van der Waals surface area contributed by atoms with Gasteiger partial charge in [0.1, 0.15) is 10.7 Å². The summed E-state index contributed by atoms with van der Waals surface area (Å²) in [6.07, 6.45) is 1.49. The maximum absolute atomic E-state index is 13.4. The molecule has 172 valence electrons. The third kappa shape index (κ3) is 5.04. The number of carbonyl (C=O) groups excluding carboxylic acids is 1. The largest absolute Gasteiger partial charge is 0.320 e. The summed E-state index contributed by atoms with van der Waals surface area (Å²) in [7, 11) is 0. The number of non-ortho nitro benzene ring substituents is 1. The number of nitro groups is 1. The van der Waals surface area contributed by atoms with Crippen molar-refractivity contribution in [3.05, 3.63) is 119 Å². The zero-order valence-corrected chi connectivity index (χ0v) is 19.4. The van der Waals surface area contributed by atoms with E-state index in [1.54, 1.807) is 60.7 Å². The number of nitriles is 1. The molecule has 0 fully saturated rings. The summed E-state index contributed by atoms with van der Waals surface area (Å²) in [6, 6.07) is 22.9. The van der Waals surface area contributed by atoms with Gasteiger partial charge in [-0.25, -0.2) is 0 Å². The molecular formula is C25H15ClN4O4S. The fourth-order valence-electron chi connectivity index (χ4n) is 3.28. The first kappa shape index (κ1) is 23.6. The molecule has 1 aromatic heterocycles. The van der Waals surface area contributed by atoms with Gasteiger partial charge in [0, 0.05) is 12.1 Å². The normalized spacial score (nSPS) is 12.1. The van der Waals surface area contributed by atoms with Crippen LogP contribution >= 0.6 is 22.9 Å². The molecule has 0 bridgehead atoms. The third-order valence-corrected chi connectivity index (χ3v) is 6.31. The van der Waals surface area contributed by atoms with Crippen molar-refractivity contribution in [2.75, 3.05) is 5.32 Å². The summed E-state index contributed by atoms with van der Waals surface area (Å²) in [5.41, 5.74) is 0.336. The van der Waals surface area contributed by atoms with E-state index in [9.17, 15) is 25.0 Å². The lowest BCUT2D eigenvalue weighted by Gasteiger charge is -2.07. The Bertz CT molecular complexity index is 1670. The quantitative estimate of drug-likeness (QED) is 0.330. The molecule has 0 spiro atoms. The Labute approximate surface area is 207 Å². The fourth-order valence-corrected chi connectivity index (χ4v) is 4.57. The SMILES string of the molecule is N#C/C(C(=O)Nc1ccccc1Cl)=c1/s/c(=C/c2cccc([N+](=O)[O-])c2)c(=O)n1-c1ccccc1. The van der Waals surface area contributed by atoms with Crippen molar-refractivity contribution in [2.24, 2.45) is 0 Å². The highest BCUT2D eigenvalue weighted by Crippen LogP contribution is 2.21. The molecule has 3 aromatic carbocycles. The number of para-hydroxylation sites is 2. The Morgan fingerprint density at radius 1 is 1.09 bits per heavy atom. The predicted molar refractivity (Wildman–Crippen MR) is 135 cm³/mol. The van der Waals surface area contributed by atoms with E-state index in [-0.39, 0.29) is 20.5 Å². The molecule has 0 saturated carbocycles. The van der Waals surface area contributed by atoms with Crippen LogP contribution in [0.5, 0.6) is 0 Å². The van der Waals surface area contributed by atoms with Gasteiger partial charge in [0.05, 0.1) is 25.9 Å². The predicted octanol–water partition coefficient (Wildman–Crippen LogP) is 3.60. The van der Waals surface area contributed by atoms with Crippen molar-refractivity contribution in [2.45, 2.75) is 0 Å². The van der Waals surface area contributed by atoms with E-state index in [0.29, 0.717) is 22.0 Å². The topological polar surface area (TPSA) is 118 Å². The van der Waals surface area contributed by atoms with Gasteiger partial charge < -0.3 is 5.32 Å². The summed E-state index contributed by atoms with van der Waals surface area (Å²) in [5.74, 6) is -0.728. The highest BCUT2D eigenvalue weighted by Gasteiger charge is 2.18.